The van der Waals surface area contributed by atoms with Gasteiger partial charge in [-0.2, -0.15) is 0 Å². The van der Waals surface area contributed by atoms with Gasteiger partial charge in [0.05, 0.1) is 18.5 Å². The van der Waals surface area contributed by atoms with Crippen LogP contribution in [0, 0.1) is 6.92 Å². The van der Waals surface area contributed by atoms with Gasteiger partial charge >= 0.3 is 0 Å². The summed E-state index contributed by atoms with van der Waals surface area (Å²) in [6, 6.07) is 8.25. The minimum absolute atomic E-state index is 0.334. The molecule has 1 heterocycles. The number of nitrogens with one attached hydrogen (secondary N) is 1. The van der Waals surface area contributed by atoms with Gasteiger partial charge in [-0.25, -0.2) is 4.98 Å². The molecule has 0 spiro atoms. The fourth-order valence-corrected chi connectivity index (χ4v) is 1.87. The Balaban J connectivity index is 2.49. The van der Waals surface area contributed by atoms with Gasteiger partial charge in [-0.15, -0.1) is 0 Å². The highest BCUT2D eigenvalue weighted by molar-refractivity contribution is 5.52. The molecule has 4 heteroatoms. The van der Waals surface area contributed by atoms with E-state index in [-0.39, 0.29) is 0 Å². The first kappa shape index (κ1) is 12.5. The summed E-state index contributed by atoms with van der Waals surface area (Å²) < 4.78 is 7.41. The summed E-state index contributed by atoms with van der Waals surface area (Å²) >= 11 is 0. The third kappa shape index (κ3) is 2.47. The van der Waals surface area contributed by atoms with Crippen molar-refractivity contribution in [1.82, 2.24) is 9.55 Å². The molecule has 0 aliphatic heterocycles. The Hall–Kier alpha value is -1.97. The lowest BCUT2D eigenvalue weighted by Crippen LogP contribution is -2.14. The Morgan fingerprint density at radius 1 is 1.28 bits per heavy atom. The highest BCUT2D eigenvalue weighted by atomic mass is 16.5. The summed E-state index contributed by atoms with van der Waals surface area (Å²) in [6.07, 6.45) is 2.00. The molecule has 4 nitrogen and oxygen atoms in total. The zero-order valence-corrected chi connectivity index (χ0v) is 11.3. The van der Waals surface area contributed by atoms with Crippen LogP contribution in [-0.4, -0.2) is 22.7 Å². The van der Waals surface area contributed by atoms with Crippen molar-refractivity contribution < 1.29 is 4.74 Å². The first-order valence-corrected chi connectivity index (χ1v) is 6.07. The van der Waals surface area contributed by atoms with Crippen molar-refractivity contribution in [2.45, 2.75) is 26.8 Å². The number of rotatable bonds is 4. The number of hydrogen-bond donors (Lipinski definition) is 1. The second kappa shape index (κ2) is 5.12. The molecule has 2 aromatic rings. The molecule has 0 fully saturated rings. The number of hydrogen-bond acceptors (Lipinski definition) is 3. The molecule has 0 saturated carbocycles. The van der Waals surface area contributed by atoms with Gasteiger partial charge in [0.25, 0.3) is 0 Å². The van der Waals surface area contributed by atoms with Crippen LogP contribution >= 0.6 is 0 Å². The SMILES string of the molecule is COc1ccccc1-n1cc(C)nc1NC(C)C. The van der Waals surface area contributed by atoms with E-state index in [0.717, 1.165) is 23.1 Å². The lowest BCUT2D eigenvalue weighted by atomic mass is 10.3. The van der Waals surface area contributed by atoms with E-state index in [2.05, 4.69) is 24.1 Å². The molecule has 0 bridgehead atoms. The van der Waals surface area contributed by atoms with Gasteiger partial charge in [-0.1, -0.05) is 12.1 Å². The van der Waals surface area contributed by atoms with E-state index in [1.165, 1.54) is 0 Å². The normalized spacial score (nSPS) is 10.7. The third-order valence-electron chi connectivity index (χ3n) is 2.59. The van der Waals surface area contributed by atoms with Gasteiger partial charge in [-0.3, -0.25) is 4.57 Å². The summed E-state index contributed by atoms with van der Waals surface area (Å²) in [7, 11) is 1.68. The van der Waals surface area contributed by atoms with Crippen LogP contribution in [0.5, 0.6) is 5.75 Å². The van der Waals surface area contributed by atoms with Crippen molar-refractivity contribution in [3.63, 3.8) is 0 Å². The summed E-state index contributed by atoms with van der Waals surface area (Å²) in [6.45, 7) is 6.17. The first-order valence-electron chi connectivity index (χ1n) is 6.07. The van der Waals surface area contributed by atoms with Crippen LogP contribution in [0.4, 0.5) is 5.95 Å². The number of imidazole rings is 1. The molecule has 0 atom stereocenters. The predicted octanol–water partition coefficient (Wildman–Crippen LogP) is 3.01. The monoisotopic (exact) mass is 245 g/mol. The average Bonchev–Trinajstić information content (AvgIpc) is 2.69. The summed E-state index contributed by atoms with van der Waals surface area (Å²) in [5.41, 5.74) is 1.97. The summed E-state index contributed by atoms with van der Waals surface area (Å²) in [4.78, 5) is 4.50. The quantitative estimate of drug-likeness (QED) is 0.900. The Morgan fingerprint density at radius 3 is 2.67 bits per heavy atom. The van der Waals surface area contributed by atoms with Crippen molar-refractivity contribution in [2.24, 2.45) is 0 Å². The molecule has 0 unspecified atom stereocenters. The van der Waals surface area contributed by atoms with Crippen molar-refractivity contribution in [3.05, 3.63) is 36.2 Å². The molecular weight excluding hydrogens is 226 g/mol. The minimum atomic E-state index is 0.334. The molecule has 1 N–H and O–H groups in total. The zero-order chi connectivity index (χ0) is 13.1. The minimum Gasteiger partial charge on any atom is -0.495 e. The lowest BCUT2D eigenvalue weighted by molar-refractivity contribution is 0.413. The van der Waals surface area contributed by atoms with Crippen LogP contribution < -0.4 is 10.1 Å². The third-order valence-corrected chi connectivity index (χ3v) is 2.59. The van der Waals surface area contributed by atoms with Gasteiger partial charge in [0.1, 0.15) is 5.75 Å². The molecule has 18 heavy (non-hydrogen) atoms. The number of aryl methyl sites for hydroxylation is 1. The van der Waals surface area contributed by atoms with E-state index in [1.807, 2.05) is 42.0 Å². The van der Waals surface area contributed by atoms with E-state index in [4.69, 9.17) is 4.74 Å². The summed E-state index contributed by atoms with van der Waals surface area (Å²) in [5, 5.41) is 3.34. The van der Waals surface area contributed by atoms with Crippen molar-refractivity contribution >= 4 is 5.95 Å². The van der Waals surface area contributed by atoms with Gasteiger partial charge in [-0.05, 0) is 32.9 Å². The number of para-hydroxylation sites is 2. The molecule has 1 aromatic carbocycles. The molecule has 0 amide bonds. The van der Waals surface area contributed by atoms with Crippen molar-refractivity contribution in [3.8, 4) is 11.4 Å². The van der Waals surface area contributed by atoms with Crippen LogP contribution in [0.15, 0.2) is 30.5 Å². The molecule has 2 rings (SSSR count). The van der Waals surface area contributed by atoms with E-state index in [9.17, 15) is 0 Å². The van der Waals surface area contributed by atoms with E-state index in [1.54, 1.807) is 7.11 Å². The van der Waals surface area contributed by atoms with Crippen LogP contribution in [0.25, 0.3) is 5.69 Å². The number of anilines is 1. The van der Waals surface area contributed by atoms with E-state index in [0.29, 0.717) is 6.04 Å². The Labute approximate surface area is 108 Å². The summed E-state index contributed by atoms with van der Waals surface area (Å²) in [5.74, 6) is 1.67. The van der Waals surface area contributed by atoms with Crippen molar-refractivity contribution in [2.75, 3.05) is 12.4 Å². The maximum Gasteiger partial charge on any atom is 0.208 e. The Bertz CT molecular complexity index is 532. The van der Waals surface area contributed by atoms with Crippen LogP contribution in [0.3, 0.4) is 0 Å². The number of aromatic nitrogens is 2. The van der Waals surface area contributed by atoms with E-state index >= 15 is 0 Å². The van der Waals surface area contributed by atoms with Gasteiger partial charge in [0, 0.05) is 12.2 Å². The van der Waals surface area contributed by atoms with Gasteiger partial charge in [0.2, 0.25) is 5.95 Å². The topological polar surface area (TPSA) is 39.1 Å². The van der Waals surface area contributed by atoms with Crippen molar-refractivity contribution in [1.29, 1.82) is 0 Å². The number of nitrogens with zero attached hydrogens (tertiary/aromatic N) is 2. The molecular formula is C14H19N3O. The van der Waals surface area contributed by atoms with Gasteiger partial charge in [0.15, 0.2) is 0 Å². The fourth-order valence-electron chi connectivity index (χ4n) is 1.87. The smallest absolute Gasteiger partial charge is 0.208 e. The molecule has 0 aliphatic carbocycles. The second-order valence-electron chi connectivity index (χ2n) is 4.55. The average molecular weight is 245 g/mol. The van der Waals surface area contributed by atoms with E-state index < -0.39 is 0 Å². The molecule has 0 saturated heterocycles. The van der Waals surface area contributed by atoms with Crippen LogP contribution in [0.1, 0.15) is 19.5 Å². The predicted molar refractivity (Wildman–Crippen MR) is 73.6 cm³/mol. The maximum atomic E-state index is 5.39. The molecule has 96 valence electrons. The number of methoxy groups -OCH3 is 1. The van der Waals surface area contributed by atoms with Gasteiger partial charge < -0.3 is 10.1 Å². The standard InChI is InChI=1S/C14H19N3O/c1-10(2)15-14-16-11(3)9-17(14)12-7-5-6-8-13(12)18-4/h5-10H,1-4H3,(H,15,16). The number of ether oxygens (including phenoxy) is 1. The highest BCUT2D eigenvalue weighted by Gasteiger charge is 2.11. The highest BCUT2D eigenvalue weighted by Crippen LogP contribution is 2.26. The molecule has 0 radical (unpaired) electrons. The Morgan fingerprint density at radius 2 is 2.00 bits per heavy atom. The maximum absolute atomic E-state index is 5.39. The van der Waals surface area contributed by atoms with Crippen LogP contribution in [-0.2, 0) is 0 Å². The molecule has 0 aliphatic rings. The molecule has 1 aromatic heterocycles. The number of benzene rings is 1. The Kier molecular flexibility index (Phi) is 3.55. The fraction of sp³-hybridized carbons (Fsp3) is 0.357. The lowest BCUT2D eigenvalue weighted by Gasteiger charge is -2.14. The first-order chi connectivity index (χ1) is 8.61. The largest absolute Gasteiger partial charge is 0.495 e. The second-order valence-corrected chi connectivity index (χ2v) is 4.55. The zero-order valence-electron chi connectivity index (χ0n) is 11.3. The van der Waals surface area contributed by atoms with Crippen LogP contribution in [0.2, 0.25) is 0 Å².